The fraction of sp³-hybridized carbons (Fsp3) is 0.0500. The Morgan fingerprint density at radius 2 is 1.95 bits per heavy atom. The summed E-state index contributed by atoms with van der Waals surface area (Å²) < 4.78 is 0. The van der Waals surface area contributed by atoms with Crippen LogP contribution >= 0.6 is 0 Å². The molecule has 1 aromatic heterocycles. The molecule has 0 aliphatic carbocycles. The van der Waals surface area contributed by atoms with Crippen molar-refractivity contribution in [3.8, 4) is 22.4 Å². The van der Waals surface area contributed by atoms with Gasteiger partial charge < -0.3 is 0 Å². The van der Waals surface area contributed by atoms with Crippen LogP contribution in [0.5, 0.6) is 0 Å². The van der Waals surface area contributed by atoms with Crippen LogP contribution < -0.4 is 0 Å². The van der Waals surface area contributed by atoms with Crippen molar-refractivity contribution < 1.29 is 0 Å². The standard InChI is InChI=1S/C20H15N/c1-3-16-9-7-8-12-18(16)20-13-15(2)19(14-21-20)17-10-5-4-6-11-17/h3-5,7-10,12-14H,1H2,2H3. The zero-order chi connectivity index (χ0) is 14.7. The Bertz CT molecular complexity index is 773. The molecule has 0 radical (unpaired) electrons. The van der Waals surface area contributed by atoms with Crippen LogP contribution in [-0.2, 0) is 0 Å². The van der Waals surface area contributed by atoms with Crippen molar-refractivity contribution in [3.05, 3.63) is 84.6 Å². The van der Waals surface area contributed by atoms with Crippen LogP contribution in [0.4, 0.5) is 0 Å². The van der Waals surface area contributed by atoms with Gasteiger partial charge in [-0.15, -0.1) is 0 Å². The van der Waals surface area contributed by atoms with Crippen LogP contribution in [0.3, 0.4) is 0 Å². The lowest BCUT2D eigenvalue weighted by Gasteiger charge is -2.09. The smallest absolute Gasteiger partial charge is 0.0711 e. The van der Waals surface area contributed by atoms with E-state index in [1.54, 1.807) is 0 Å². The number of hydrogen-bond acceptors (Lipinski definition) is 1. The van der Waals surface area contributed by atoms with E-state index >= 15 is 0 Å². The van der Waals surface area contributed by atoms with E-state index in [-0.39, 0.29) is 0 Å². The summed E-state index contributed by atoms with van der Waals surface area (Å²) in [6.45, 7) is 5.96. The highest BCUT2D eigenvalue weighted by molar-refractivity contribution is 5.75. The number of pyridine rings is 1. The average molecular weight is 269 g/mol. The van der Waals surface area contributed by atoms with Gasteiger partial charge in [-0.05, 0) is 36.2 Å². The van der Waals surface area contributed by atoms with Crippen molar-refractivity contribution in [1.29, 1.82) is 0 Å². The molecule has 1 heteroatoms. The monoisotopic (exact) mass is 269 g/mol. The van der Waals surface area contributed by atoms with Crippen LogP contribution in [0, 0.1) is 19.1 Å². The first-order valence-corrected chi connectivity index (χ1v) is 6.87. The molecule has 0 N–H and O–H groups in total. The minimum absolute atomic E-state index is 0.965. The van der Waals surface area contributed by atoms with Crippen LogP contribution in [0.1, 0.15) is 11.1 Å². The lowest BCUT2D eigenvalue weighted by molar-refractivity contribution is 1.28. The summed E-state index contributed by atoms with van der Waals surface area (Å²) in [5, 5.41) is 0. The Balaban J connectivity index is 2.08. The number of benzene rings is 1. The Morgan fingerprint density at radius 1 is 1.10 bits per heavy atom. The number of hydrogen-bond donors (Lipinski definition) is 0. The van der Waals surface area contributed by atoms with Crippen molar-refractivity contribution >= 4 is 6.08 Å². The summed E-state index contributed by atoms with van der Waals surface area (Å²) in [4.78, 5) is 4.61. The quantitative estimate of drug-likeness (QED) is 0.654. The normalized spacial score (nSPS) is 9.95. The summed E-state index contributed by atoms with van der Waals surface area (Å²) in [6, 6.07) is 22.2. The summed E-state index contributed by atoms with van der Waals surface area (Å²) >= 11 is 0. The maximum absolute atomic E-state index is 4.61. The van der Waals surface area contributed by atoms with Crippen LogP contribution in [-0.4, -0.2) is 4.98 Å². The van der Waals surface area contributed by atoms with Crippen molar-refractivity contribution in [2.45, 2.75) is 6.92 Å². The second kappa shape index (κ2) is 5.64. The lowest BCUT2D eigenvalue weighted by Crippen LogP contribution is -1.91. The Morgan fingerprint density at radius 3 is 2.67 bits per heavy atom. The van der Waals surface area contributed by atoms with Crippen LogP contribution in [0.25, 0.3) is 28.5 Å². The van der Waals surface area contributed by atoms with E-state index in [0.29, 0.717) is 0 Å². The molecule has 21 heavy (non-hydrogen) atoms. The first-order chi connectivity index (χ1) is 10.3. The van der Waals surface area contributed by atoms with Crippen molar-refractivity contribution in [3.63, 3.8) is 0 Å². The van der Waals surface area contributed by atoms with E-state index in [1.807, 2.05) is 48.7 Å². The molecular formula is C20H15N. The second-order valence-electron chi connectivity index (χ2n) is 4.88. The molecule has 0 aliphatic heterocycles. The Hall–Kier alpha value is -2.85. The molecule has 100 valence electrons. The fourth-order valence-electron chi connectivity index (χ4n) is 2.40. The zero-order valence-corrected chi connectivity index (χ0v) is 11.9. The van der Waals surface area contributed by atoms with Crippen molar-refractivity contribution in [1.82, 2.24) is 4.98 Å². The summed E-state index contributed by atoms with van der Waals surface area (Å²) in [5.74, 6) is 0. The molecule has 3 aromatic rings. The molecule has 0 saturated carbocycles. The first-order valence-electron chi connectivity index (χ1n) is 6.87. The van der Waals surface area contributed by atoms with Gasteiger partial charge in [-0.25, -0.2) is 0 Å². The minimum Gasteiger partial charge on any atom is -0.256 e. The summed E-state index contributed by atoms with van der Waals surface area (Å²) in [6.07, 6.45) is 3.77. The van der Waals surface area contributed by atoms with Gasteiger partial charge in [-0.3, -0.25) is 4.98 Å². The number of aryl methyl sites for hydroxylation is 1. The van der Waals surface area contributed by atoms with E-state index in [0.717, 1.165) is 27.9 Å². The van der Waals surface area contributed by atoms with E-state index in [2.05, 4.69) is 42.8 Å². The third kappa shape index (κ3) is 2.57. The van der Waals surface area contributed by atoms with Crippen LogP contribution in [0.2, 0.25) is 0 Å². The van der Waals surface area contributed by atoms with Crippen molar-refractivity contribution in [2.24, 2.45) is 0 Å². The molecule has 0 amide bonds. The SMILES string of the molecule is C=Cc1ccccc1-c1cc(C)c(-c2c#cccc2)cn1. The molecule has 3 rings (SSSR count). The van der Waals surface area contributed by atoms with Gasteiger partial charge >= 0.3 is 0 Å². The molecule has 0 atom stereocenters. The highest BCUT2D eigenvalue weighted by Gasteiger charge is 2.07. The molecule has 0 spiro atoms. The van der Waals surface area contributed by atoms with Gasteiger partial charge in [0.15, 0.2) is 0 Å². The maximum Gasteiger partial charge on any atom is 0.0711 e. The van der Waals surface area contributed by atoms with Gasteiger partial charge in [0.2, 0.25) is 0 Å². The predicted molar refractivity (Wildman–Crippen MR) is 87.6 cm³/mol. The minimum atomic E-state index is 0.965. The number of aromatic nitrogens is 1. The Kier molecular flexibility index (Phi) is 3.53. The molecule has 1 nitrogen and oxygen atoms in total. The average Bonchev–Trinajstić information content (AvgIpc) is 2.55. The Labute approximate surface area is 125 Å². The van der Waals surface area contributed by atoms with Crippen molar-refractivity contribution in [2.75, 3.05) is 0 Å². The highest BCUT2D eigenvalue weighted by Crippen LogP contribution is 2.27. The highest BCUT2D eigenvalue weighted by atomic mass is 14.7. The fourth-order valence-corrected chi connectivity index (χ4v) is 2.40. The van der Waals surface area contributed by atoms with E-state index < -0.39 is 0 Å². The summed E-state index contributed by atoms with van der Waals surface area (Å²) in [5.41, 5.74) is 6.45. The third-order valence-corrected chi connectivity index (χ3v) is 3.51. The molecule has 1 heterocycles. The van der Waals surface area contributed by atoms with Crippen LogP contribution in [0.15, 0.2) is 61.3 Å². The van der Waals surface area contributed by atoms with E-state index in [1.165, 1.54) is 5.56 Å². The molecule has 2 aromatic carbocycles. The summed E-state index contributed by atoms with van der Waals surface area (Å²) in [7, 11) is 0. The largest absolute Gasteiger partial charge is 0.256 e. The van der Waals surface area contributed by atoms with Gasteiger partial charge in [0, 0.05) is 22.9 Å². The molecular weight excluding hydrogens is 254 g/mol. The molecule has 0 fully saturated rings. The first kappa shape index (κ1) is 13.1. The van der Waals surface area contributed by atoms with E-state index in [4.69, 9.17) is 0 Å². The molecule has 0 saturated heterocycles. The van der Waals surface area contributed by atoms with Gasteiger partial charge in [0.1, 0.15) is 0 Å². The number of nitrogens with zero attached hydrogens (tertiary/aromatic N) is 1. The van der Waals surface area contributed by atoms with Gasteiger partial charge in [-0.1, -0.05) is 55.1 Å². The molecule has 0 aliphatic rings. The molecule has 0 unspecified atom stereocenters. The third-order valence-electron chi connectivity index (χ3n) is 3.51. The predicted octanol–water partition coefficient (Wildman–Crippen LogP) is 4.97. The van der Waals surface area contributed by atoms with Gasteiger partial charge in [0.25, 0.3) is 0 Å². The second-order valence-corrected chi connectivity index (χ2v) is 4.88. The van der Waals surface area contributed by atoms with Gasteiger partial charge in [-0.2, -0.15) is 0 Å². The lowest BCUT2D eigenvalue weighted by atomic mass is 9.99. The number of rotatable bonds is 3. The molecule has 0 bridgehead atoms. The van der Waals surface area contributed by atoms with E-state index in [9.17, 15) is 0 Å². The zero-order valence-electron chi connectivity index (χ0n) is 11.9. The van der Waals surface area contributed by atoms with Gasteiger partial charge in [0.05, 0.1) is 5.69 Å². The topological polar surface area (TPSA) is 12.9 Å². The maximum atomic E-state index is 4.61.